The summed E-state index contributed by atoms with van der Waals surface area (Å²) in [5.41, 5.74) is 0.492. The van der Waals surface area contributed by atoms with Crippen LogP contribution in [0, 0.1) is 46.8 Å². The first-order chi connectivity index (χ1) is 13.1. The van der Waals surface area contributed by atoms with Gasteiger partial charge in [-0.3, -0.25) is 0 Å². The predicted octanol–water partition coefficient (Wildman–Crippen LogP) is 7.75. The summed E-state index contributed by atoms with van der Waals surface area (Å²) in [6.07, 6.45) is 30.6. The molecule has 7 atom stereocenters. The van der Waals surface area contributed by atoms with Crippen molar-refractivity contribution in [3.8, 4) is 0 Å². The highest BCUT2D eigenvalue weighted by Gasteiger charge is 2.43. The number of hydrogen-bond acceptors (Lipinski definition) is 0. The van der Waals surface area contributed by atoms with Crippen molar-refractivity contribution in [3.63, 3.8) is 0 Å². The second-order valence-electron chi connectivity index (χ2n) is 10.7. The van der Waals surface area contributed by atoms with E-state index in [1.165, 1.54) is 51.4 Å². The minimum Gasteiger partial charge on any atom is -0.0808 e. The molecule has 148 valence electrons. The Hall–Kier alpha value is -1.04. The van der Waals surface area contributed by atoms with Gasteiger partial charge in [-0.15, -0.1) is 0 Å². The van der Waals surface area contributed by atoms with Crippen LogP contribution in [0.4, 0.5) is 0 Å². The summed E-state index contributed by atoms with van der Waals surface area (Å²) in [4.78, 5) is 0. The van der Waals surface area contributed by atoms with Crippen molar-refractivity contribution in [2.45, 2.75) is 72.1 Å². The van der Waals surface area contributed by atoms with E-state index in [9.17, 15) is 0 Å². The maximum absolute atomic E-state index is 2.56. The Kier molecular flexibility index (Phi) is 5.81. The smallest absolute Gasteiger partial charge is 0.0136 e. The number of allylic oxidation sites excluding steroid dienone is 8. The van der Waals surface area contributed by atoms with E-state index in [-0.39, 0.29) is 0 Å². The van der Waals surface area contributed by atoms with E-state index in [1.54, 1.807) is 0 Å². The van der Waals surface area contributed by atoms with E-state index in [0.717, 1.165) is 41.4 Å². The zero-order valence-corrected chi connectivity index (χ0v) is 17.8. The van der Waals surface area contributed by atoms with Crippen molar-refractivity contribution in [1.29, 1.82) is 0 Å². The molecule has 4 aliphatic rings. The molecule has 4 rings (SSSR count). The van der Waals surface area contributed by atoms with Gasteiger partial charge >= 0.3 is 0 Å². The summed E-state index contributed by atoms with van der Waals surface area (Å²) in [7, 11) is 0. The summed E-state index contributed by atoms with van der Waals surface area (Å²) < 4.78 is 0. The first-order valence-electron chi connectivity index (χ1n) is 11.8. The minimum absolute atomic E-state index is 0.492. The molecule has 0 aromatic rings. The number of rotatable bonds is 7. The average Bonchev–Trinajstić information content (AvgIpc) is 3.25. The summed E-state index contributed by atoms with van der Waals surface area (Å²) in [5.74, 6) is 6.03. The number of hydrogen-bond donors (Lipinski definition) is 0. The number of fused-ring (bicyclic) bond motifs is 2. The molecule has 0 amide bonds. The van der Waals surface area contributed by atoms with Gasteiger partial charge in [0.15, 0.2) is 0 Å². The highest BCUT2D eigenvalue weighted by Crippen LogP contribution is 2.52. The second-order valence-corrected chi connectivity index (χ2v) is 10.7. The summed E-state index contributed by atoms with van der Waals surface area (Å²) in [5, 5.41) is 0. The van der Waals surface area contributed by atoms with Gasteiger partial charge in [-0.25, -0.2) is 0 Å². The van der Waals surface area contributed by atoms with E-state index >= 15 is 0 Å². The molecule has 2 fully saturated rings. The van der Waals surface area contributed by atoms with Gasteiger partial charge < -0.3 is 0 Å². The Morgan fingerprint density at radius 2 is 1.44 bits per heavy atom. The lowest BCUT2D eigenvalue weighted by atomic mass is 9.67. The van der Waals surface area contributed by atoms with E-state index in [1.807, 2.05) is 0 Å². The first-order valence-corrected chi connectivity index (χ1v) is 11.8. The lowest BCUT2D eigenvalue weighted by molar-refractivity contribution is 0.141. The quantitative estimate of drug-likeness (QED) is 0.433. The monoisotopic (exact) mass is 364 g/mol. The molecule has 0 saturated heterocycles. The third-order valence-electron chi connectivity index (χ3n) is 8.29. The normalized spacial score (nSPS) is 38.2. The van der Waals surface area contributed by atoms with Gasteiger partial charge in [0.05, 0.1) is 0 Å². The Balaban J connectivity index is 1.51. The molecular weight excluding hydrogens is 324 g/mol. The lowest BCUT2D eigenvalue weighted by Gasteiger charge is -2.38. The third-order valence-corrected chi connectivity index (χ3v) is 8.29. The van der Waals surface area contributed by atoms with Crippen molar-refractivity contribution >= 4 is 0 Å². The van der Waals surface area contributed by atoms with Crippen LogP contribution in [0.3, 0.4) is 0 Å². The minimum atomic E-state index is 0.492. The topological polar surface area (TPSA) is 0 Å². The van der Waals surface area contributed by atoms with Gasteiger partial charge in [-0.2, -0.15) is 0 Å². The summed E-state index contributed by atoms with van der Waals surface area (Å²) in [6, 6.07) is 0. The van der Waals surface area contributed by atoms with Crippen LogP contribution < -0.4 is 0 Å². The van der Waals surface area contributed by atoms with Gasteiger partial charge in [0.1, 0.15) is 0 Å². The van der Waals surface area contributed by atoms with E-state index in [0.29, 0.717) is 5.41 Å². The summed E-state index contributed by atoms with van der Waals surface area (Å²) >= 11 is 0. The standard InChI is InChI=1S/C27H40/c1-4-17-27(2,3)19-23(26-16-15-21-10-6-8-12-25(21)26)18-22-14-13-20-9-5-7-11-24(20)22/h5-12,20-26H,4,13-19H2,1-3H3. The van der Waals surface area contributed by atoms with E-state index in [4.69, 9.17) is 0 Å². The van der Waals surface area contributed by atoms with Crippen LogP contribution in [-0.4, -0.2) is 0 Å². The van der Waals surface area contributed by atoms with Gasteiger partial charge in [0, 0.05) is 0 Å². The fourth-order valence-corrected chi connectivity index (χ4v) is 7.17. The molecule has 2 saturated carbocycles. The molecule has 0 spiro atoms. The van der Waals surface area contributed by atoms with Crippen LogP contribution in [0.15, 0.2) is 48.6 Å². The molecule has 0 aromatic carbocycles. The van der Waals surface area contributed by atoms with Crippen LogP contribution in [0.2, 0.25) is 0 Å². The molecule has 0 aliphatic heterocycles. The van der Waals surface area contributed by atoms with Crippen LogP contribution in [0.25, 0.3) is 0 Å². The zero-order valence-electron chi connectivity index (χ0n) is 17.8. The maximum atomic E-state index is 2.56. The highest BCUT2D eigenvalue weighted by molar-refractivity contribution is 5.19. The molecule has 0 heteroatoms. The van der Waals surface area contributed by atoms with Crippen molar-refractivity contribution in [1.82, 2.24) is 0 Å². The van der Waals surface area contributed by atoms with E-state index in [2.05, 4.69) is 69.4 Å². The van der Waals surface area contributed by atoms with Crippen molar-refractivity contribution in [2.75, 3.05) is 0 Å². The molecule has 7 unspecified atom stereocenters. The predicted molar refractivity (Wildman–Crippen MR) is 117 cm³/mol. The van der Waals surface area contributed by atoms with Crippen molar-refractivity contribution < 1.29 is 0 Å². The van der Waals surface area contributed by atoms with Gasteiger partial charge in [0.25, 0.3) is 0 Å². The molecule has 4 aliphatic carbocycles. The molecule has 0 radical (unpaired) electrons. The largest absolute Gasteiger partial charge is 0.0808 e. The van der Waals surface area contributed by atoms with Crippen LogP contribution in [0.1, 0.15) is 72.1 Å². The SMILES string of the molecule is CCCC(C)(C)CC(CC1CCC2C=CC=CC21)C1CCC2C=CC=CC21. The Morgan fingerprint density at radius 3 is 2.19 bits per heavy atom. The Labute approximate surface area is 167 Å². The van der Waals surface area contributed by atoms with Gasteiger partial charge in [0.2, 0.25) is 0 Å². The van der Waals surface area contributed by atoms with Gasteiger partial charge in [-0.1, -0.05) is 75.8 Å². The zero-order chi connectivity index (χ0) is 18.9. The average molecular weight is 365 g/mol. The van der Waals surface area contributed by atoms with Crippen LogP contribution in [0.5, 0.6) is 0 Å². The molecule has 27 heavy (non-hydrogen) atoms. The molecular formula is C27H40. The molecule has 0 bridgehead atoms. The molecule has 0 N–H and O–H groups in total. The van der Waals surface area contributed by atoms with Gasteiger partial charge in [-0.05, 0) is 91.8 Å². The molecule has 0 nitrogen and oxygen atoms in total. The van der Waals surface area contributed by atoms with Crippen LogP contribution in [-0.2, 0) is 0 Å². The maximum Gasteiger partial charge on any atom is -0.0136 e. The first kappa shape index (κ1) is 19.3. The summed E-state index contributed by atoms with van der Waals surface area (Å²) in [6.45, 7) is 7.43. The fourth-order valence-electron chi connectivity index (χ4n) is 7.17. The fraction of sp³-hybridized carbons (Fsp3) is 0.704. The lowest BCUT2D eigenvalue weighted by Crippen LogP contribution is -2.29. The Bertz CT molecular complexity index is 616. The third kappa shape index (κ3) is 4.20. The highest BCUT2D eigenvalue weighted by atomic mass is 14.5. The Morgan fingerprint density at radius 1 is 0.815 bits per heavy atom. The molecule has 0 aromatic heterocycles. The van der Waals surface area contributed by atoms with Crippen molar-refractivity contribution in [3.05, 3.63) is 48.6 Å². The molecule has 0 heterocycles. The van der Waals surface area contributed by atoms with Crippen molar-refractivity contribution in [2.24, 2.45) is 46.8 Å². The second kappa shape index (κ2) is 8.14. The van der Waals surface area contributed by atoms with E-state index < -0.39 is 0 Å². The van der Waals surface area contributed by atoms with Crippen LogP contribution >= 0.6 is 0 Å².